The van der Waals surface area contributed by atoms with Gasteiger partial charge in [-0.3, -0.25) is 0 Å². The average molecular weight is 142 g/mol. The molecule has 0 aliphatic heterocycles. The third-order valence-electron chi connectivity index (χ3n) is 2.71. The molecule has 1 aliphatic carbocycles. The highest BCUT2D eigenvalue weighted by molar-refractivity contribution is 4.88. The molecule has 1 fully saturated rings. The van der Waals surface area contributed by atoms with Gasteiger partial charge in [0, 0.05) is 19.1 Å². The molecule has 0 spiro atoms. The molecule has 1 rings (SSSR count). The van der Waals surface area contributed by atoms with E-state index in [-0.39, 0.29) is 0 Å². The van der Waals surface area contributed by atoms with Crippen LogP contribution in [0, 0.1) is 11.8 Å². The Hall–Kier alpha value is -0.0800. The fraction of sp³-hybridized carbons (Fsp3) is 1.00. The largest absolute Gasteiger partial charge is 0.329 e. The number of nitrogens with one attached hydrogen (secondary N) is 1. The number of nitrogens with two attached hydrogens (primary N) is 1. The van der Waals surface area contributed by atoms with Crippen LogP contribution in [-0.4, -0.2) is 19.1 Å². The van der Waals surface area contributed by atoms with E-state index in [0.717, 1.165) is 31.0 Å². The Kier molecular flexibility index (Phi) is 2.69. The number of hydrogen-bond acceptors (Lipinski definition) is 2. The second kappa shape index (κ2) is 3.35. The molecule has 1 saturated carbocycles. The first-order valence-corrected chi connectivity index (χ1v) is 4.19. The maximum absolute atomic E-state index is 5.37. The van der Waals surface area contributed by atoms with Gasteiger partial charge in [-0.05, 0) is 18.3 Å². The van der Waals surface area contributed by atoms with E-state index in [0.29, 0.717) is 0 Å². The molecule has 0 aromatic rings. The smallest absolute Gasteiger partial charge is 0.00984 e. The Morgan fingerprint density at radius 1 is 1.50 bits per heavy atom. The highest BCUT2D eigenvalue weighted by atomic mass is 14.9. The van der Waals surface area contributed by atoms with Crippen LogP contribution in [0.4, 0.5) is 0 Å². The maximum Gasteiger partial charge on any atom is 0.00984 e. The second-order valence-corrected chi connectivity index (χ2v) is 3.42. The normalized spacial score (nSPS) is 39.3. The van der Waals surface area contributed by atoms with Crippen LogP contribution < -0.4 is 11.1 Å². The first-order valence-electron chi connectivity index (χ1n) is 4.19. The van der Waals surface area contributed by atoms with Crippen LogP contribution in [0.15, 0.2) is 0 Å². The fourth-order valence-electron chi connectivity index (χ4n) is 1.57. The molecule has 0 aromatic carbocycles. The Morgan fingerprint density at radius 2 is 2.20 bits per heavy atom. The molecule has 3 atom stereocenters. The van der Waals surface area contributed by atoms with Crippen molar-refractivity contribution in [2.45, 2.75) is 26.3 Å². The molecule has 3 unspecified atom stereocenters. The molecule has 0 radical (unpaired) electrons. The van der Waals surface area contributed by atoms with Gasteiger partial charge < -0.3 is 11.1 Å². The van der Waals surface area contributed by atoms with Crippen molar-refractivity contribution in [3.8, 4) is 0 Å². The predicted octanol–water partition coefficient (Wildman–Crippen LogP) is 0.579. The van der Waals surface area contributed by atoms with Gasteiger partial charge in [0.05, 0.1) is 0 Å². The van der Waals surface area contributed by atoms with Crippen LogP contribution in [0.1, 0.15) is 20.3 Å². The summed E-state index contributed by atoms with van der Waals surface area (Å²) in [7, 11) is 0. The van der Waals surface area contributed by atoms with Crippen molar-refractivity contribution in [1.82, 2.24) is 5.32 Å². The molecule has 0 bridgehead atoms. The van der Waals surface area contributed by atoms with Gasteiger partial charge in [0.1, 0.15) is 0 Å². The van der Waals surface area contributed by atoms with Crippen molar-refractivity contribution < 1.29 is 0 Å². The molecule has 0 heterocycles. The summed E-state index contributed by atoms with van der Waals surface area (Å²) in [4.78, 5) is 0. The molecule has 1 aliphatic rings. The van der Waals surface area contributed by atoms with Crippen LogP contribution in [0.5, 0.6) is 0 Å². The minimum atomic E-state index is 0.749. The molecular formula is C8H18N2. The van der Waals surface area contributed by atoms with E-state index in [2.05, 4.69) is 19.2 Å². The van der Waals surface area contributed by atoms with E-state index in [1.54, 1.807) is 0 Å². The fourth-order valence-corrected chi connectivity index (χ4v) is 1.57. The SMILES string of the molecule is CC1CC(NCCN)C1C. The van der Waals surface area contributed by atoms with Crippen molar-refractivity contribution in [3.63, 3.8) is 0 Å². The van der Waals surface area contributed by atoms with Gasteiger partial charge in [0.25, 0.3) is 0 Å². The van der Waals surface area contributed by atoms with Crippen molar-refractivity contribution in [2.24, 2.45) is 17.6 Å². The van der Waals surface area contributed by atoms with Gasteiger partial charge in [-0.25, -0.2) is 0 Å². The van der Waals surface area contributed by atoms with Crippen LogP contribution >= 0.6 is 0 Å². The molecule has 10 heavy (non-hydrogen) atoms. The Bertz CT molecular complexity index is 103. The van der Waals surface area contributed by atoms with Crippen molar-refractivity contribution in [3.05, 3.63) is 0 Å². The van der Waals surface area contributed by atoms with Gasteiger partial charge in [0.2, 0.25) is 0 Å². The molecule has 60 valence electrons. The van der Waals surface area contributed by atoms with Gasteiger partial charge in [-0.15, -0.1) is 0 Å². The Morgan fingerprint density at radius 3 is 2.60 bits per heavy atom. The summed E-state index contributed by atoms with van der Waals surface area (Å²) in [5.41, 5.74) is 5.37. The predicted molar refractivity (Wildman–Crippen MR) is 43.8 cm³/mol. The third-order valence-corrected chi connectivity index (χ3v) is 2.71. The van der Waals surface area contributed by atoms with Crippen molar-refractivity contribution in [2.75, 3.05) is 13.1 Å². The lowest BCUT2D eigenvalue weighted by Crippen LogP contribution is -2.49. The maximum atomic E-state index is 5.37. The molecule has 0 saturated heterocycles. The second-order valence-electron chi connectivity index (χ2n) is 3.42. The van der Waals surface area contributed by atoms with Gasteiger partial charge in [-0.2, -0.15) is 0 Å². The molecule has 2 heteroatoms. The van der Waals surface area contributed by atoms with Gasteiger partial charge in [0.15, 0.2) is 0 Å². The minimum Gasteiger partial charge on any atom is -0.329 e. The average Bonchev–Trinajstić information content (AvgIpc) is 1.97. The lowest BCUT2D eigenvalue weighted by atomic mass is 9.71. The molecule has 2 nitrogen and oxygen atoms in total. The number of hydrogen-bond donors (Lipinski definition) is 2. The summed E-state index contributed by atoms with van der Waals surface area (Å²) >= 11 is 0. The van der Waals surface area contributed by atoms with E-state index >= 15 is 0 Å². The standard InChI is InChI=1S/C8H18N2/c1-6-5-8(7(6)2)10-4-3-9/h6-8,10H,3-5,9H2,1-2H3. The Balaban J connectivity index is 2.08. The molecule has 0 aromatic heterocycles. The number of rotatable bonds is 3. The molecule has 0 amide bonds. The quantitative estimate of drug-likeness (QED) is 0.605. The first-order chi connectivity index (χ1) is 4.75. The summed E-state index contributed by atoms with van der Waals surface area (Å²) in [5.74, 6) is 1.77. The van der Waals surface area contributed by atoms with E-state index in [1.807, 2.05) is 0 Å². The van der Waals surface area contributed by atoms with Gasteiger partial charge >= 0.3 is 0 Å². The third kappa shape index (κ3) is 1.50. The van der Waals surface area contributed by atoms with Crippen LogP contribution in [0.25, 0.3) is 0 Å². The highest BCUT2D eigenvalue weighted by Crippen LogP contribution is 2.33. The van der Waals surface area contributed by atoms with E-state index in [1.165, 1.54) is 6.42 Å². The van der Waals surface area contributed by atoms with Crippen LogP contribution in [0.2, 0.25) is 0 Å². The van der Waals surface area contributed by atoms with Gasteiger partial charge in [-0.1, -0.05) is 13.8 Å². The minimum absolute atomic E-state index is 0.749. The van der Waals surface area contributed by atoms with Crippen molar-refractivity contribution in [1.29, 1.82) is 0 Å². The topological polar surface area (TPSA) is 38.0 Å². The van der Waals surface area contributed by atoms with E-state index in [9.17, 15) is 0 Å². The monoisotopic (exact) mass is 142 g/mol. The summed E-state index contributed by atoms with van der Waals surface area (Å²) in [6, 6.07) is 0.749. The van der Waals surface area contributed by atoms with Crippen LogP contribution in [0.3, 0.4) is 0 Å². The van der Waals surface area contributed by atoms with Crippen LogP contribution in [-0.2, 0) is 0 Å². The Labute approximate surface area is 63.2 Å². The zero-order chi connectivity index (χ0) is 7.56. The lowest BCUT2D eigenvalue weighted by molar-refractivity contribution is 0.139. The lowest BCUT2D eigenvalue weighted by Gasteiger charge is -2.41. The molecule has 3 N–H and O–H groups in total. The van der Waals surface area contributed by atoms with E-state index < -0.39 is 0 Å². The summed E-state index contributed by atoms with van der Waals surface area (Å²) < 4.78 is 0. The summed E-state index contributed by atoms with van der Waals surface area (Å²) in [6.07, 6.45) is 1.33. The summed E-state index contributed by atoms with van der Waals surface area (Å²) in [6.45, 7) is 6.35. The summed E-state index contributed by atoms with van der Waals surface area (Å²) in [5, 5.41) is 3.42. The zero-order valence-electron chi connectivity index (χ0n) is 6.93. The highest BCUT2D eigenvalue weighted by Gasteiger charge is 2.33. The first kappa shape index (κ1) is 8.02. The van der Waals surface area contributed by atoms with E-state index in [4.69, 9.17) is 5.73 Å². The molecular weight excluding hydrogens is 124 g/mol. The zero-order valence-corrected chi connectivity index (χ0v) is 6.93. The van der Waals surface area contributed by atoms with Crippen molar-refractivity contribution >= 4 is 0 Å².